The van der Waals surface area contributed by atoms with E-state index >= 15 is 0 Å². The maximum atomic E-state index is 6.41. The van der Waals surface area contributed by atoms with Gasteiger partial charge in [0.1, 0.15) is 0 Å². The molecular formula is C17H26Cl2N2. The van der Waals surface area contributed by atoms with Crippen LogP contribution in [0.1, 0.15) is 45.2 Å². The number of rotatable bonds is 5. The lowest BCUT2D eigenvalue weighted by Crippen LogP contribution is -2.42. The van der Waals surface area contributed by atoms with E-state index < -0.39 is 0 Å². The van der Waals surface area contributed by atoms with E-state index in [0.29, 0.717) is 16.1 Å². The van der Waals surface area contributed by atoms with Crippen LogP contribution < -0.4 is 5.32 Å². The molecule has 0 amide bonds. The van der Waals surface area contributed by atoms with Gasteiger partial charge < -0.3 is 5.32 Å². The third-order valence-corrected chi connectivity index (χ3v) is 5.29. The zero-order chi connectivity index (χ0) is 15.4. The van der Waals surface area contributed by atoms with Gasteiger partial charge in [-0.2, -0.15) is 0 Å². The number of halogens is 2. The minimum absolute atomic E-state index is 0.276. The van der Waals surface area contributed by atoms with Gasteiger partial charge in [0, 0.05) is 18.6 Å². The molecule has 0 saturated carbocycles. The fourth-order valence-corrected chi connectivity index (χ4v) is 3.68. The quantitative estimate of drug-likeness (QED) is 0.837. The van der Waals surface area contributed by atoms with Crippen LogP contribution in [0.2, 0.25) is 10.0 Å². The Morgan fingerprint density at radius 1 is 1.29 bits per heavy atom. The first-order valence-electron chi connectivity index (χ1n) is 7.91. The summed E-state index contributed by atoms with van der Waals surface area (Å²) >= 11 is 12.6. The van der Waals surface area contributed by atoms with Crippen molar-refractivity contribution in [2.45, 2.75) is 45.7 Å². The van der Waals surface area contributed by atoms with Crippen molar-refractivity contribution >= 4 is 23.2 Å². The molecule has 1 aromatic rings. The Morgan fingerprint density at radius 3 is 2.67 bits per heavy atom. The predicted molar refractivity (Wildman–Crippen MR) is 92.3 cm³/mol. The van der Waals surface area contributed by atoms with E-state index in [9.17, 15) is 0 Å². The highest BCUT2D eigenvalue weighted by atomic mass is 35.5. The molecule has 1 aliphatic rings. The van der Waals surface area contributed by atoms with Gasteiger partial charge in [-0.15, -0.1) is 0 Å². The minimum atomic E-state index is 0.276. The lowest BCUT2D eigenvalue weighted by Gasteiger charge is -2.37. The molecule has 0 radical (unpaired) electrons. The number of piperidine rings is 1. The number of hydrogen-bond donors (Lipinski definition) is 1. The highest BCUT2D eigenvalue weighted by Crippen LogP contribution is 2.34. The molecule has 0 aromatic heterocycles. The largest absolute Gasteiger partial charge is 0.316 e. The molecule has 2 nitrogen and oxygen atoms in total. The standard InChI is InChI=1S/C17H26Cl2N2/c1-12(2)21(11-14-6-5-9-20-10-14)13(3)15-7-4-8-16(18)17(15)19/h4,7-8,12-14,20H,5-6,9-11H2,1-3H3. The monoisotopic (exact) mass is 328 g/mol. The van der Waals surface area contributed by atoms with Gasteiger partial charge in [-0.05, 0) is 64.3 Å². The zero-order valence-corrected chi connectivity index (χ0v) is 14.7. The van der Waals surface area contributed by atoms with Crippen LogP contribution in [0, 0.1) is 5.92 Å². The smallest absolute Gasteiger partial charge is 0.0640 e. The van der Waals surface area contributed by atoms with Crippen LogP contribution in [0.4, 0.5) is 0 Å². The van der Waals surface area contributed by atoms with Crippen molar-refractivity contribution in [3.05, 3.63) is 33.8 Å². The van der Waals surface area contributed by atoms with Crippen LogP contribution in [-0.4, -0.2) is 30.6 Å². The average molecular weight is 329 g/mol. The van der Waals surface area contributed by atoms with Gasteiger partial charge in [0.15, 0.2) is 0 Å². The molecule has 118 valence electrons. The molecule has 4 heteroatoms. The summed E-state index contributed by atoms with van der Waals surface area (Å²) in [6.07, 6.45) is 2.59. The summed E-state index contributed by atoms with van der Waals surface area (Å²) in [4.78, 5) is 2.54. The Labute approximate surface area is 138 Å². The third-order valence-electron chi connectivity index (χ3n) is 4.46. The average Bonchev–Trinajstić information content (AvgIpc) is 2.48. The van der Waals surface area contributed by atoms with E-state index in [1.165, 1.54) is 12.8 Å². The molecular weight excluding hydrogens is 303 g/mol. The van der Waals surface area contributed by atoms with Crippen molar-refractivity contribution < 1.29 is 0 Å². The summed E-state index contributed by atoms with van der Waals surface area (Å²) in [6.45, 7) is 10.1. The Balaban J connectivity index is 2.14. The molecule has 1 heterocycles. The van der Waals surface area contributed by atoms with E-state index in [-0.39, 0.29) is 6.04 Å². The van der Waals surface area contributed by atoms with Crippen LogP contribution >= 0.6 is 23.2 Å². The van der Waals surface area contributed by atoms with Crippen LogP contribution in [0.25, 0.3) is 0 Å². The fourth-order valence-electron chi connectivity index (χ4n) is 3.22. The van der Waals surface area contributed by atoms with E-state index in [4.69, 9.17) is 23.2 Å². The SMILES string of the molecule is CC(C)N(CC1CCCNC1)C(C)c1cccc(Cl)c1Cl. The lowest BCUT2D eigenvalue weighted by molar-refractivity contribution is 0.127. The maximum absolute atomic E-state index is 6.41. The molecule has 0 aliphatic carbocycles. The molecule has 21 heavy (non-hydrogen) atoms. The first-order chi connectivity index (χ1) is 10.0. The Bertz CT molecular complexity index is 456. The normalized spacial score (nSPS) is 21.0. The van der Waals surface area contributed by atoms with Gasteiger partial charge in [0.2, 0.25) is 0 Å². The molecule has 1 aliphatic heterocycles. The van der Waals surface area contributed by atoms with Gasteiger partial charge in [-0.3, -0.25) is 4.90 Å². The van der Waals surface area contributed by atoms with Gasteiger partial charge in [0.05, 0.1) is 10.0 Å². The van der Waals surface area contributed by atoms with Crippen LogP contribution in [-0.2, 0) is 0 Å². The second-order valence-corrected chi connectivity index (χ2v) is 7.11. The number of benzene rings is 1. The van der Waals surface area contributed by atoms with Crippen LogP contribution in [0.15, 0.2) is 18.2 Å². The molecule has 1 N–H and O–H groups in total. The van der Waals surface area contributed by atoms with Crippen molar-refractivity contribution in [1.82, 2.24) is 10.2 Å². The van der Waals surface area contributed by atoms with Crippen molar-refractivity contribution in [2.24, 2.45) is 5.92 Å². The highest BCUT2D eigenvalue weighted by Gasteiger charge is 2.25. The second kappa shape index (κ2) is 7.82. The summed E-state index contributed by atoms with van der Waals surface area (Å²) < 4.78 is 0. The third kappa shape index (κ3) is 4.35. The molecule has 2 atom stereocenters. The second-order valence-electron chi connectivity index (χ2n) is 6.32. The van der Waals surface area contributed by atoms with E-state index in [2.05, 4.69) is 37.1 Å². The summed E-state index contributed by atoms with van der Waals surface area (Å²) in [6, 6.07) is 6.69. The summed E-state index contributed by atoms with van der Waals surface area (Å²) in [5, 5.41) is 4.84. The van der Waals surface area contributed by atoms with Crippen molar-refractivity contribution in [2.75, 3.05) is 19.6 Å². The summed E-state index contributed by atoms with van der Waals surface area (Å²) in [5.74, 6) is 0.724. The van der Waals surface area contributed by atoms with E-state index in [1.807, 2.05) is 12.1 Å². The molecule has 2 rings (SSSR count). The number of hydrogen-bond acceptors (Lipinski definition) is 2. The number of nitrogens with one attached hydrogen (secondary N) is 1. The number of nitrogens with zero attached hydrogens (tertiary/aromatic N) is 1. The minimum Gasteiger partial charge on any atom is -0.316 e. The van der Waals surface area contributed by atoms with Crippen LogP contribution in [0.3, 0.4) is 0 Å². The molecule has 1 saturated heterocycles. The van der Waals surface area contributed by atoms with Crippen molar-refractivity contribution in [3.63, 3.8) is 0 Å². The Morgan fingerprint density at radius 2 is 2.05 bits per heavy atom. The maximum Gasteiger partial charge on any atom is 0.0640 e. The lowest BCUT2D eigenvalue weighted by atomic mass is 9.96. The van der Waals surface area contributed by atoms with Gasteiger partial charge >= 0.3 is 0 Å². The molecule has 1 aromatic carbocycles. The first-order valence-corrected chi connectivity index (χ1v) is 8.66. The summed E-state index contributed by atoms with van der Waals surface area (Å²) in [5.41, 5.74) is 1.13. The summed E-state index contributed by atoms with van der Waals surface area (Å²) in [7, 11) is 0. The Hall–Kier alpha value is -0.280. The molecule has 1 fully saturated rings. The molecule has 0 spiro atoms. The Kier molecular flexibility index (Phi) is 6.36. The van der Waals surface area contributed by atoms with Gasteiger partial charge in [-0.25, -0.2) is 0 Å². The molecule has 2 unspecified atom stereocenters. The molecule has 0 bridgehead atoms. The highest BCUT2D eigenvalue weighted by molar-refractivity contribution is 6.42. The van der Waals surface area contributed by atoms with E-state index in [0.717, 1.165) is 31.1 Å². The van der Waals surface area contributed by atoms with Gasteiger partial charge in [-0.1, -0.05) is 35.3 Å². The van der Waals surface area contributed by atoms with E-state index in [1.54, 1.807) is 0 Å². The van der Waals surface area contributed by atoms with Crippen molar-refractivity contribution in [1.29, 1.82) is 0 Å². The predicted octanol–water partition coefficient (Wildman–Crippen LogP) is 4.76. The topological polar surface area (TPSA) is 15.3 Å². The van der Waals surface area contributed by atoms with Crippen LogP contribution in [0.5, 0.6) is 0 Å². The van der Waals surface area contributed by atoms with Crippen molar-refractivity contribution in [3.8, 4) is 0 Å². The zero-order valence-electron chi connectivity index (χ0n) is 13.2. The van der Waals surface area contributed by atoms with Gasteiger partial charge in [0.25, 0.3) is 0 Å². The fraction of sp³-hybridized carbons (Fsp3) is 0.647. The first kappa shape index (κ1) is 17.1.